The summed E-state index contributed by atoms with van der Waals surface area (Å²) in [5.74, 6) is 1.63. The van der Waals surface area contributed by atoms with Gasteiger partial charge in [0, 0.05) is 18.2 Å². The molecule has 1 saturated carbocycles. The van der Waals surface area contributed by atoms with Crippen LogP contribution in [0.15, 0.2) is 18.2 Å². The van der Waals surface area contributed by atoms with E-state index in [9.17, 15) is 0 Å². The normalized spacial score (nSPS) is 23.5. The lowest BCUT2D eigenvalue weighted by atomic mass is 9.91. The molecule has 4 heteroatoms. The zero-order chi connectivity index (χ0) is 13.0. The number of ether oxygens (including phenoxy) is 2. The number of nitrogens with two attached hydrogens (primary N) is 1. The Morgan fingerprint density at radius 3 is 2.44 bits per heavy atom. The van der Waals surface area contributed by atoms with Crippen LogP contribution in [0, 0.1) is 0 Å². The fourth-order valence-electron chi connectivity index (χ4n) is 2.40. The largest absolute Gasteiger partial charge is 0.497 e. The van der Waals surface area contributed by atoms with Gasteiger partial charge in [0.05, 0.1) is 19.9 Å². The van der Waals surface area contributed by atoms with Gasteiger partial charge < -0.3 is 20.5 Å². The maximum Gasteiger partial charge on any atom is 0.145 e. The van der Waals surface area contributed by atoms with Gasteiger partial charge in [-0.15, -0.1) is 0 Å². The van der Waals surface area contributed by atoms with Crippen molar-refractivity contribution in [2.75, 3.05) is 19.5 Å². The van der Waals surface area contributed by atoms with Crippen molar-refractivity contribution in [3.8, 4) is 11.5 Å². The van der Waals surface area contributed by atoms with Crippen molar-refractivity contribution in [2.24, 2.45) is 5.73 Å². The second-order valence-electron chi connectivity index (χ2n) is 4.82. The van der Waals surface area contributed by atoms with Crippen molar-refractivity contribution >= 4 is 5.69 Å². The molecule has 0 heterocycles. The summed E-state index contributed by atoms with van der Waals surface area (Å²) in [6.07, 6.45) is 4.43. The molecule has 4 nitrogen and oxygen atoms in total. The van der Waals surface area contributed by atoms with Crippen molar-refractivity contribution in [3.05, 3.63) is 18.2 Å². The molecule has 0 aliphatic heterocycles. The predicted octanol–water partition coefficient (Wildman–Crippen LogP) is 2.39. The molecular weight excluding hydrogens is 228 g/mol. The number of nitrogens with one attached hydrogen (secondary N) is 1. The van der Waals surface area contributed by atoms with Gasteiger partial charge in [0.2, 0.25) is 0 Å². The second-order valence-corrected chi connectivity index (χ2v) is 4.82. The lowest BCUT2D eigenvalue weighted by Crippen LogP contribution is -2.32. The van der Waals surface area contributed by atoms with Crippen LogP contribution in [0.5, 0.6) is 11.5 Å². The highest BCUT2D eigenvalue weighted by Crippen LogP contribution is 2.31. The third-order valence-electron chi connectivity index (χ3n) is 3.54. The Kier molecular flexibility index (Phi) is 4.31. The van der Waals surface area contributed by atoms with Gasteiger partial charge in [-0.1, -0.05) is 0 Å². The molecular formula is C14H22N2O2. The summed E-state index contributed by atoms with van der Waals surface area (Å²) in [5, 5.41) is 3.54. The van der Waals surface area contributed by atoms with Crippen molar-refractivity contribution < 1.29 is 9.47 Å². The van der Waals surface area contributed by atoms with Gasteiger partial charge in [0.25, 0.3) is 0 Å². The third-order valence-corrected chi connectivity index (χ3v) is 3.54. The van der Waals surface area contributed by atoms with Crippen LogP contribution in [0.2, 0.25) is 0 Å². The maximum atomic E-state index is 5.92. The maximum absolute atomic E-state index is 5.92. The van der Waals surface area contributed by atoms with Gasteiger partial charge in [-0.2, -0.15) is 0 Å². The highest BCUT2D eigenvalue weighted by Gasteiger charge is 2.19. The summed E-state index contributed by atoms with van der Waals surface area (Å²) < 4.78 is 10.6. The fourth-order valence-corrected chi connectivity index (χ4v) is 2.40. The average Bonchev–Trinajstić information content (AvgIpc) is 2.41. The number of methoxy groups -OCH3 is 2. The van der Waals surface area contributed by atoms with Crippen LogP contribution in [-0.4, -0.2) is 26.3 Å². The van der Waals surface area contributed by atoms with Gasteiger partial charge >= 0.3 is 0 Å². The Labute approximate surface area is 108 Å². The van der Waals surface area contributed by atoms with Crippen LogP contribution in [0.3, 0.4) is 0 Å². The molecule has 1 aliphatic carbocycles. The van der Waals surface area contributed by atoms with E-state index in [1.165, 1.54) is 0 Å². The summed E-state index contributed by atoms with van der Waals surface area (Å²) in [5.41, 5.74) is 6.94. The van der Waals surface area contributed by atoms with E-state index in [0.717, 1.165) is 42.9 Å². The summed E-state index contributed by atoms with van der Waals surface area (Å²) in [7, 11) is 3.33. The van der Waals surface area contributed by atoms with Crippen LogP contribution in [0.25, 0.3) is 0 Å². The molecule has 0 amide bonds. The Hall–Kier alpha value is -1.42. The minimum atomic E-state index is 0.376. The average molecular weight is 250 g/mol. The lowest BCUT2D eigenvalue weighted by Gasteiger charge is -2.28. The van der Waals surface area contributed by atoms with E-state index in [1.807, 2.05) is 18.2 Å². The molecule has 0 unspecified atom stereocenters. The van der Waals surface area contributed by atoms with Crippen molar-refractivity contribution in [3.63, 3.8) is 0 Å². The van der Waals surface area contributed by atoms with E-state index >= 15 is 0 Å². The summed E-state index contributed by atoms with van der Waals surface area (Å²) in [6.45, 7) is 0. The van der Waals surface area contributed by atoms with E-state index in [1.54, 1.807) is 14.2 Å². The molecule has 0 spiro atoms. The molecule has 1 aromatic rings. The summed E-state index contributed by atoms with van der Waals surface area (Å²) in [6, 6.07) is 6.72. The zero-order valence-electron chi connectivity index (χ0n) is 11.1. The SMILES string of the molecule is COc1ccc(NC2CCC(N)CC2)c(OC)c1. The van der Waals surface area contributed by atoms with Gasteiger partial charge in [-0.3, -0.25) is 0 Å². The first-order valence-electron chi connectivity index (χ1n) is 6.47. The van der Waals surface area contributed by atoms with Crippen molar-refractivity contribution in [1.29, 1.82) is 0 Å². The topological polar surface area (TPSA) is 56.5 Å². The minimum absolute atomic E-state index is 0.376. The van der Waals surface area contributed by atoms with Crippen molar-refractivity contribution in [1.82, 2.24) is 0 Å². The molecule has 100 valence electrons. The molecule has 3 N–H and O–H groups in total. The van der Waals surface area contributed by atoms with Crippen LogP contribution < -0.4 is 20.5 Å². The molecule has 1 aliphatic rings. The molecule has 0 bridgehead atoms. The molecule has 2 rings (SSSR count). The molecule has 0 aromatic heterocycles. The highest BCUT2D eigenvalue weighted by atomic mass is 16.5. The molecule has 0 radical (unpaired) electrons. The molecule has 0 atom stereocenters. The van der Waals surface area contributed by atoms with Crippen molar-refractivity contribution in [2.45, 2.75) is 37.8 Å². The number of hydrogen-bond acceptors (Lipinski definition) is 4. The molecule has 1 fully saturated rings. The van der Waals surface area contributed by atoms with Crippen LogP contribution in [0.4, 0.5) is 5.69 Å². The number of benzene rings is 1. The first kappa shape index (κ1) is 13.0. The predicted molar refractivity (Wildman–Crippen MR) is 73.4 cm³/mol. The number of rotatable bonds is 4. The Bertz CT molecular complexity index is 387. The van der Waals surface area contributed by atoms with E-state index < -0.39 is 0 Å². The first-order chi connectivity index (χ1) is 8.72. The smallest absolute Gasteiger partial charge is 0.145 e. The van der Waals surface area contributed by atoms with Crippen LogP contribution in [0.1, 0.15) is 25.7 Å². The third kappa shape index (κ3) is 3.07. The standard InChI is InChI=1S/C14H22N2O2/c1-17-12-7-8-13(14(9-12)18-2)16-11-5-3-10(15)4-6-11/h7-11,16H,3-6,15H2,1-2H3. The van der Waals surface area contributed by atoms with E-state index in [4.69, 9.17) is 15.2 Å². The van der Waals surface area contributed by atoms with E-state index in [0.29, 0.717) is 12.1 Å². The van der Waals surface area contributed by atoms with Gasteiger partial charge in [0.1, 0.15) is 11.5 Å². The quantitative estimate of drug-likeness (QED) is 0.861. The second kappa shape index (κ2) is 5.96. The Morgan fingerprint density at radius 1 is 1.11 bits per heavy atom. The summed E-state index contributed by atoms with van der Waals surface area (Å²) in [4.78, 5) is 0. The molecule has 18 heavy (non-hydrogen) atoms. The van der Waals surface area contributed by atoms with Gasteiger partial charge in [-0.25, -0.2) is 0 Å². The van der Waals surface area contributed by atoms with Crippen LogP contribution >= 0.6 is 0 Å². The zero-order valence-corrected chi connectivity index (χ0v) is 11.1. The summed E-state index contributed by atoms with van der Waals surface area (Å²) >= 11 is 0. The lowest BCUT2D eigenvalue weighted by molar-refractivity contribution is 0.391. The van der Waals surface area contributed by atoms with Gasteiger partial charge in [-0.05, 0) is 37.8 Å². The number of anilines is 1. The minimum Gasteiger partial charge on any atom is -0.497 e. The number of hydrogen-bond donors (Lipinski definition) is 2. The van der Waals surface area contributed by atoms with Gasteiger partial charge in [0.15, 0.2) is 0 Å². The highest BCUT2D eigenvalue weighted by molar-refractivity contribution is 5.59. The Morgan fingerprint density at radius 2 is 1.83 bits per heavy atom. The Balaban J connectivity index is 2.04. The van der Waals surface area contributed by atoms with E-state index in [-0.39, 0.29) is 0 Å². The molecule has 0 saturated heterocycles. The fraction of sp³-hybridized carbons (Fsp3) is 0.571. The van der Waals surface area contributed by atoms with E-state index in [2.05, 4.69) is 5.32 Å². The van der Waals surface area contributed by atoms with Crippen LogP contribution in [-0.2, 0) is 0 Å². The first-order valence-corrected chi connectivity index (χ1v) is 6.47. The monoisotopic (exact) mass is 250 g/mol. The molecule has 1 aromatic carbocycles.